The molecule has 0 fully saturated rings. The second kappa shape index (κ2) is 6.39. The lowest BCUT2D eigenvalue weighted by Crippen LogP contribution is -2.08. The Balaban J connectivity index is 2.25. The molecule has 0 aliphatic carbocycles. The molecule has 1 rings (SSSR count). The van der Waals surface area contributed by atoms with Crippen molar-refractivity contribution in [1.82, 2.24) is 0 Å². The molecule has 0 aliphatic rings. The highest BCUT2D eigenvalue weighted by Gasteiger charge is 2.25. The fourth-order valence-electron chi connectivity index (χ4n) is 1.31. The maximum atomic E-state index is 11.8. The van der Waals surface area contributed by atoms with Gasteiger partial charge in [-0.1, -0.05) is 12.1 Å². The number of aromatic carboxylic acids is 1. The Morgan fingerprint density at radius 1 is 1.22 bits per heavy atom. The number of carboxylic acid groups (broad SMARTS) is 1. The number of carbonyl (C=O) groups is 1. The first-order valence-electron chi connectivity index (χ1n) is 5.35. The highest BCUT2D eigenvalue weighted by molar-refractivity contribution is 5.87. The average molecular weight is 262 g/mol. The molecule has 0 spiro atoms. The van der Waals surface area contributed by atoms with Gasteiger partial charge in [0, 0.05) is 13.0 Å². The van der Waals surface area contributed by atoms with Crippen LogP contribution in [0.5, 0.6) is 0 Å². The van der Waals surface area contributed by atoms with Crippen LogP contribution in [0, 0.1) is 0 Å². The van der Waals surface area contributed by atoms with Crippen molar-refractivity contribution in [2.24, 2.45) is 0 Å². The average Bonchev–Trinajstić information content (AvgIpc) is 2.27. The van der Waals surface area contributed by atoms with Crippen LogP contribution in [0.15, 0.2) is 24.3 Å². The second-order valence-electron chi connectivity index (χ2n) is 3.77. The zero-order chi connectivity index (χ0) is 13.6. The molecule has 0 atom stereocenters. The minimum absolute atomic E-state index is 0.0280. The van der Waals surface area contributed by atoms with Gasteiger partial charge in [-0.05, 0) is 24.1 Å². The first kappa shape index (κ1) is 14.5. The number of ether oxygens (including phenoxy) is 1. The van der Waals surface area contributed by atoms with Crippen LogP contribution in [0.4, 0.5) is 13.2 Å². The van der Waals surface area contributed by atoms with Gasteiger partial charge in [-0.2, -0.15) is 13.2 Å². The monoisotopic (exact) mass is 262 g/mol. The van der Waals surface area contributed by atoms with Crippen molar-refractivity contribution in [2.75, 3.05) is 6.61 Å². The third kappa shape index (κ3) is 5.67. The van der Waals surface area contributed by atoms with Crippen molar-refractivity contribution in [3.63, 3.8) is 0 Å². The number of benzene rings is 1. The van der Waals surface area contributed by atoms with Crippen LogP contribution in [-0.2, 0) is 11.3 Å². The number of hydrogen-bond acceptors (Lipinski definition) is 2. The molecule has 0 amide bonds. The van der Waals surface area contributed by atoms with Gasteiger partial charge in [-0.25, -0.2) is 4.79 Å². The summed E-state index contributed by atoms with van der Waals surface area (Å²) in [6.45, 7) is 0.206. The Morgan fingerprint density at radius 3 is 2.33 bits per heavy atom. The van der Waals surface area contributed by atoms with E-state index in [4.69, 9.17) is 9.84 Å². The lowest BCUT2D eigenvalue weighted by atomic mass is 10.1. The SMILES string of the molecule is O=C(O)c1ccc(COCCCC(F)(F)F)cc1. The first-order chi connectivity index (χ1) is 8.38. The molecule has 0 aromatic heterocycles. The molecule has 0 radical (unpaired) electrons. The molecule has 6 heteroatoms. The van der Waals surface area contributed by atoms with E-state index in [1.54, 1.807) is 12.1 Å². The van der Waals surface area contributed by atoms with Crippen molar-refractivity contribution in [3.05, 3.63) is 35.4 Å². The Bertz CT molecular complexity index is 385. The Morgan fingerprint density at radius 2 is 1.83 bits per heavy atom. The van der Waals surface area contributed by atoms with Gasteiger partial charge in [-0.3, -0.25) is 0 Å². The predicted octanol–water partition coefficient (Wildman–Crippen LogP) is 3.24. The van der Waals surface area contributed by atoms with Crippen LogP contribution in [-0.4, -0.2) is 23.9 Å². The molecule has 18 heavy (non-hydrogen) atoms. The maximum Gasteiger partial charge on any atom is 0.389 e. The summed E-state index contributed by atoms with van der Waals surface area (Å²) in [4.78, 5) is 10.6. The molecule has 3 nitrogen and oxygen atoms in total. The van der Waals surface area contributed by atoms with Gasteiger partial charge >= 0.3 is 12.1 Å². The van der Waals surface area contributed by atoms with Crippen molar-refractivity contribution in [2.45, 2.75) is 25.6 Å². The number of rotatable bonds is 6. The molecule has 0 heterocycles. The van der Waals surface area contributed by atoms with E-state index in [0.717, 1.165) is 5.56 Å². The molecule has 0 bridgehead atoms. The quantitative estimate of drug-likeness (QED) is 0.800. The zero-order valence-corrected chi connectivity index (χ0v) is 9.54. The molecule has 0 saturated carbocycles. The van der Waals surface area contributed by atoms with Crippen LogP contribution in [0.2, 0.25) is 0 Å². The van der Waals surface area contributed by atoms with Crippen LogP contribution < -0.4 is 0 Å². The van der Waals surface area contributed by atoms with Crippen molar-refractivity contribution < 1.29 is 27.8 Å². The van der Waals surface area contributed by atoms with Gasteiger partial charge < -0.3 is 9.84 Å². The smallest absolute Gasteiger partial charge is 0.389 e. The number of alkyl halides is 3. The third-order valence-corrected chi connectivity index (χ3v) is 2.22. The summed E-state index contributed by atoms with van der Waals surface area (Å²) in [5, 5.41) is 8.66. The lowest BCUT2D eigenvalue weighted by molar-refractivity contribution is -0.138. The summed E-state index contributed by atoms with van der Waals surface area (Å²) in [6.07, 6.45) is -5.08. The number of halogens is 3. The molecule has 1 aromatic carbocycles. The van der Waals surface area contributed by atoms with E-state index in [0.29, 0.717) is 0 Å². The molecule has 0 unspecified atom stereocenters. The summed E-state index contributed by atoms with van der Waals surface area (Å²) in [7, 11) is 0. The van der Waals surface area contributed by atoms with Crippen molar-refractivity contribution in [1.29, 1.82) is 0 Å². The van der Waals surface area contributed by atoms with Gasteiger partial charge in [0.05, 0.1) is 12.2 Å². The summed E-state index contributed by atoms with van der Waals surface area (Å²) >= 11 is 0. The molecular weight excluding hydrogens is 249 g/mol. The summed E-state index contributed by atoms with van der Waals surface area (Å²) < 4.78 is 40.5. The topological polar surface area (TPSA) is 46.5 Å². The van der Waals surface area contributed by atoms with Crippen molar-refractivity contribution >= 4 is 5.97 Å². The molecular formula is C12H13F3O3. The molecule has 100 valence electrons. The van der Waals surface area contributed by atoms with E-state index < -0.39 is 18.6 Å². The lowest BCUT2D eigenvalue weighted by Gasteiger charge is -2.07. The fraction of sp³-hybridized carbons (Fsp3) is 0.417. The number of hydrogen-bond donors (Lipinski definition) is 1. The van der Waals surface area contributed by atoms with Gasteiger partial charge in [-0.15, -0.1) is 0 Å². The molecule has 0 aliphatic heterocycles. The molecule has 1 N–H and O–H groups in total. The van der Waals surface area contributed by atoms with Crippen LogP contribution in [0.1, 0.15) is 28.8 Å². The zero-order valence-electron chi connectivity index (χ0n) is 9.54. The van der Waals surface area contributed by atoms with Crippen LogP contribution >= 0.6 is 0 Å². The van der Waals surface area contributed by atoms with Gasteiger partial charge in [0.2, 0.25) is 0 Å². The van der Waals surface area contributed by atoms with E-state index in [1.807, 2.05) is 0 Å². The Kier molecular flexibility index (Phi) is 5.15. The highest BCUT2D eigenvalue weighted by Crippen LogP contribution is 2.21. The van der Waals surface area contributed by atoms with Crippen molar-refractivity contribution in [3.8, 4) is 0 Å². The number of carboxylic acids is 1. The van der Waals surface area contributed by atoms with Crippen LogP contribution in [0.25, 0.3) is 0 Å². The summed E-state index contributed by atoms with van der Waals surface area (Å²) in [5.74, 6) is -1.02. The third-order valence-electron chi connectivity index (χ3n) is 2.22. The summed E-state index contributed by atoms with van der Waals surface area (Å²) in [5.41, 5.74) is 0.892. The molecule has 1 aromatic rings. The fourth-order valence-corrected chi connectivity index (χ4v) is 1.31. The second-order valence-corrected chi connectivity index (χ2v) is 3.77. The van der Waals surface area contributed by atoms with E-state index in [1.165, 1.54) is 12.1 Å². The van der Waals surface area contributed by atoms with Gasteiger partial charge in [0.1, 0.15) is 0 Å². The largest absolute Gasteiger partial charge is 0.478 e. The van der Waals surface area contributed by atoms with E-state index in [2.05, 4.69) is 0 Å². The standard InChI is InChI=1S/C12H13F3O3/c13-12(14,15)6-1-7-18-8-9-2-4-10(5-3-9)11(16)17/h2-5H,1,6-8H2,(H,16,17). The van der Waals surface area contributed by atoms with Crippen LogP contribution in [0.3, 0.4) is 0 Å². The Labute approximate surface area is 102 Å². The minimum atomic E-state index is -4.15. The van der Waals surface area contributed by atoms with E-state index in [9.17, 15) is 18.0 Å². The van der Waals surface area contributed by atoms with Gasteiger partial charge in [0.15, 0.2) is 0 Å². The van der Waals surface area contributed by atoms with E-state index in [-0.39, 0.29) is 25.2 Å². The maximum absolute atomic E-state index is 11.8. The molecule has 0 saturated heterocycles. The predicted molar refractivity (Wildman–Crippen MR) is 58.3 cm³/mol. The normalized spacial score (nSPS) is 11.5. The minimum Gasteiger partial charge on any atom is -0.478 e. The highest BCUT2D eigenvalue weighted by atomic mass is 19.4. The summed E-state index contributed by atoms with van der Waals surface area (Å²) in [6, 6.07) is 6.01. The van der Waals surface area contributed by atoms with Gasteiger partial charge in [0.25, 0.3) is 0 Å². The first-order valence-corrected chi connectivity index (χ1v) is 5.35. The van der Waals surface area contributed by atoms with E-state index >= 15 is 0 Å². The Hall–Kier alpha value is -1.56.